The molecule has 0 atom stereocenters. The summed E-state index contributed by atoms with van der Waals surface area (Å²) in [7, 11) is 0. The van der Waals surface area contributed by atoms with Crippen LogP contribution >= 0.6 is 0 Å². The number of fused-ring (bicyclic) bond motifs is 4. The fourth-order valence-electron chi connectivity index (χ4n) is 7.38. The van der Waals surface area contributed by atoms with Gasteiger partial charge in [-0.05, 0) is 87.5 Å². The number of para-hydroxylation sites is 1. The highest BCUT2D eigenvalue weighted by Crippen LogP contribution is 2.39. The van der Waals surface area contributed by atoms with Crippen LogP contribution in [0.1, 0.15) is 0 Å². The highest BCUT2D eigenvalue weighted by molar-refractivity contribution is 6.16. The van der Waals surface area contributed by atoms with Crippen LogP contribution in [0, 0.1) is 0 Å². The molecular formula is C49H31N5. The molecule has 0 N–H and O–H groups in total. The number of rotatable bonds is 6. The first-order chi connectivity index (χ1) is 26.7. The molecule has 0 unspecified atom stereocenters. The van der Waals surface area contributed by atoms with Crippen molar-refractivity contribution in [3.63, 3.8) is 0 Å². The van der Waals surface area contributed by atoms with Crippen LogP contribution in [0.15, 0.2) is 189 Å². The molecule has 0 amide bonds. The predicted molar refractivity (Wildman–Crippen MR) is 221 cm³/mol. The van der Waals surface area contributed by atoms with E-state index in [1.807, 2.05) is 67.4 Å². The summed E-state index contributed by atoms with van der Waals surface area (Å²) in [5, 5.41) is 3.29. The monoisotopic (exact) mass is 689 g/mol. The Hall–Kier alpha value is -7.37. The van der Waals surface area contributed by atoms with Crippen molar-refractivity contribution in [2.75, 3.05) is 0 Å². The van der Waals surface area contributed by atoms with Gasteiger partial charge in [0.25, 0.3) is 0 Å². The average molecular weight is 690 g/mol. The van der Waals surface area contributed by atoms with E-state index < -0.39 is 0 Å². The van der Waals surface area contributed by atoms with E-state index in [1.165, 1.54) is 0 Å². The first-order valence-electron chi connectivity index (χ1n) is 18.0. The molecule has 0 bridgehead atoms. The fourth-order valence-corrected chi connectivity index (χ4v) is 7.38. The van der Waals surface area contributed by atoms with Gasteiger partial charge in [-0.25, -0.2) is 9.97 Å². The average Bonchev–Trinajstić information content (AvgIpc) is 3.26. The molecule has 5 nitrogen and oxygen atoms in total. The van der Waals surface area contributed by atoms with Crippen LogP contribution < -0.4 is 0 Å². The molecule has 5 aromatic heterocycles. The molecule has 252 valence electrons. The van der Waals surface area contributed by atoms with Crippen LogP contribution in [0.25, 0.3) is 99.7 Å². The highest BCUT2D eigenvalue weighted by atomic mass is 14.7. The van der Waals surface area contributed by atoms with E-state index >= 15 is 0 Å². The van der Waals surface area contributed by atoms with Gasteiger partial charge in [0.2, 0.25) is 0 Å². The maximum atomic E-state index is 5.23. The Morgan fingerprint density at radius 2 is 0.833 bits per heavy atom. The Morgan fingerprint density at radius 1 is 0.315 bits per heavy atom. The molecule has 5 aromatic carbocycles. The molecule has 10 rings (SSSR count). The van der Waals surface area contributed by atoms with Gasteiger partial charge < -0.3 is 0 Å². The maximum Gasteiger partial charge on any atom is 0.0978 e. The van der Waals surface area contributed by atoms with Gasteiger partial charge in [0, 0.05) is 63.8 Å². The molecule has 0 radical (unpaired) electrons. The van der Waals surface area contributed by atoms with Crippen molar-refractivity contribution < 1.29 is 0 Å². The van der Waals surface area contributed by atoms with Crippen LogP contribution in [0.5, 0.6) is 0 Å². The topological polar surface area (TPSA) is 64.5 Å². The van der Waals surface area contributed by atoms with Gasteiger partial charge in [0.05, 0.1) is 27.9 Å². The second-order valence-corrected chi connectivity index (χ2v) is 13.4. The van der Waals surface area contributed by atoms with E-state index in [4.69, 9.17) is 15.0 Å². The standard InChI is InChI=1S/C49H31N5/c1-2-6-44-42(5-1)47(43-20-19-40-4-3-25-52-48(40)49(43)54-44)39-17-11-34(12-18-39)41-30-45(37-13-7-32(8-14-37)35-21-26-50-27-22-35)53-46(31-41)38-15-9-33(10-16-38)36-23-28-51-29-24-36/h1-31H. The lowest BCUT2D eigenvalue weighted by Crippen LogP contribution is -1.93. The fraction of sp³-hybridized carbons (Fsp3) is 0. The molecule has 5 heteroatoms. The zero-order valence-corrected chi connectivity index (χ0v) is 29.1. The van der Waals surface area contributed by atoms with Crippen LogP contribution in [-0.4, -0.2) is 24.9 Å². The number of nitrogens with zero attached hydrogens (tertiary/aromatic N) is 5. The molecule has 0 saturated carbocycles. The summed E-state index contributed by atoms with van der Waals surface area (Å²) in [6.07, 6.45) is 9.14. The quantitative estimate of drug-likeness (QED) is 0.128. The molecule has 54 heavy (non-hydrogen) atoms. The van der Waals surface area contributed by atoms with Crippen molar-refractivity contribution in [2.24, 2.45) is 0 Å². The minimum Gasteiger partial charge on any atom is -0.265 e. The minimum atomic E-state index is 0.913. The molecule has 0 aliphatic carbocycles. The first-order valence-corrected chi connectivity index (χ1v) is 18.0. The number of pyridine rings is 5. The second-order valence-electron chi connectivity index (χ2n) is 13.4. The molecule has 5 heterocycles. The molecule has 0 aliphatic heterocycles. The van der Waals surface area contributed by atoms with Gasteiger partial charge in [-0.2, -0.15) is 0 Å². The van der Waals surface area contributed by atoms with Crippen LogP contribution in [-0.2, 0) is 0 Å². The lowest BCUT2D eigenvalue weighted by atomic mass is 9.93. The minimum absolute atomic E-state index is 0.913. The predicted octanol–water partition coefficient (Wildman–Crippen LogP) is 12.1. The first kappa shape index (κ1) is 31.4. The van der Waals surface area contributed by atoms with Crippen LogP contribution in [0.2, 0.25) is 0 Å². The summed E-state index contributed by atoms with van der Waals surface area (Å²) in [6.45, 7) is 0. The molecule has 0 spiro atoms. The summed E-state index contributed by atoms with van der Waals surface area (Å²) < 4.78 is 0. The Labute approximate surface area is 312 Å². The lowest BCUT2D eigenvalue weighted by Gasteiger charge is -2.14. The van der Waals surface area contributed by atoms with Crippen molar-refractivity contribution >= 4 is 32.7 Å². The number of aromatic nitrogens is 5. The third-order valence-corrected chi connectivity index (χ3v) is 10.1. The van der Waals surface area contributed by atoms with Crippen molar-refractivity contribution in [1.82, 2.24) is 24.9 Å². The van der Waals surface area contributed by atoms with E-state index in [1.54, 1.807) is 0 Å². The van der Waals surface area contributed by atoms with E-state index in [0.717, 1.165) is 99.7 Å². The zero-order valence-electron chi connectivity index (χ0n) is 29.1. The van der Waals surface area contributed by atoms with Gasteiger partial charge in [-0.1, -0.05) is 109 Å². The van der Waals surface area contributed by atoms with Crippen molar-refractivity contribution in [1.29, 1.82) is 0 Å². The molecule has 10 aromatic rings. The van der Waals surface area contributed by atoms with Gasteiger partial charge in [0.1, 0.15) is 0 Å². The lowest BCUT2D eigenvalue weighted by molar-refractivity contribution is 1.32. The molecule has 0 saturated heterocycles. The van der Waals surface area contributed by atoms with Gasteiger partial charge >= 0.3 is 0 Å². The van der Waals surface area contributed by atoms with E-state index in [2.05, 4.69) is 131 Å². The summed E-state index contributed by atoms with van der Waals surface area (Å²) >= 11 is 0. The van der Waals surface area contributed by atoms with E-state index in [0.29, 0.717) is 0 Å². The summed E-state index contributed by atoms with van der Waals surface area (Å²) in [5.41, 5.74) is 15.8. The Bertz CT molecular complexity index is 2840. The second kappa shape index (κ2) is 13.3. The smallest absolute Gasteiger partial charge is 0.0978 e. The van der Waals surface area contributed by atoms with Crippen LogP contribution in [0.4, 0.5) is 0 Å². The number of benzene rings is 5. The van der Waals surface area contributed by atoms with Gasteiger partial charge in [-0.3, -0.25) is 15.0 Å². The molecular weight excluding hydrogens is 659 g/mol. The van der Waals surface area contributed by atoms with E-state index in [9.17, 15) is 0 Å². The van der Waals surface area contributed by atoms with Crippen molar-refractivity contribution in [3.05, 3.63) is 189 Å². The third kappa shape index (κ3) is 5.74. The van der Waals surface area contributed by atoms with Gasteiger partial charge in [0.15, 0.2) is 0 Å². The molecule has 0 fully saturated rings. The summed E-state index contributed by atoms with van der Waals surface area (Å²) in [6, 6.07) is 55.4. The van der Waals surface area contributed by atoms with Crippen molar-refractivity contribution in [2.45, 2.75) is 0 Å². The van der Waals surface area contributed by atoms with Gasteiger partial charge in [-0.15, -0.1) is 0 Å². The SMILES string of the molecule is c1cnc2c(c1)ccc1c(-c3ccc(-c4cc(-c5ccc(-c6ccncc6)cc5)nc(-c5ccc(-c6ccncc6)cc5)c4)cc3)c3ccccc3nc12. The third-order valence-electron chi connectivity index (χ3n) is 10.1. The normalized spacial score (nSPS) is 11.3. The summed E-state index contributed by atoms with van der Waals surface area (Å²) in [5.74, 6) is 0. The molecule has 0 aliphatic rings. The highest BCUT2D eigenvalue weighted by Gasteiger charge is 2.15. The largest absolute Gasteiger partial charge is 0.265 e. The number of hydrogen-bond acceptors (Lipinski definition) is 5. The Kier molecular flexibility index (Phi) is 7.73. The van der Waals surface area contributed by atoms with Crippen LogP contribution in [0.3, 0.4) is 0 Å². The zero-order chi connectivity index (χ0) is 35.8. The summed E-state index contributed by atoms with van der Waals surface area (Å²) in [4.78, 5) is 23.4. The Morgan fingerprint density at radius 3 is 1.44 bits per heavy atom. The number of hydrogen-bond donors (Lipinski definition) is 0. The Balaban J connectivity index is 1.09. The van der Waals surface area contributed by atoms with Crippen molar-refractivity contribution in [3.8, 4) is 67.0 Å². The van der Waals surface area contributed by atoms with E-state index in [-0.39, 0.29) is 0 Å². The maximum absolute atomic E-state index is 5.23.